The number of piperazine rings is 1. The number of para-hydroxylation sites is 1. The van der Waals surface area contributed by atoms with E-state index in [1.54, 1.807) is 0 Å². The summed E-state index contributed by atoms with van der Waals surface area (Å²) in [5.74, 6) is 0. The van der Waals surface area contributed by atoms with Crippen LogP contribution in [0.2, 0.25) is 5.02 Å². The second-order valence-corrected chi connectivity index (χ2v) is 9.10. The molecule has 0 radical (unpaired) electrons. The van der Waals surface area contributed by atoms with Crippen LogP contribution in [0.3, 0.4) is 0 Å². The molecule has 30 heavy (non-hydrogen) atoms. The Morgan fingerprint density at radius 1 is 0.900 bits per heavy atom. The molecule has 0 atom stereocenters. The van der Waals surface area contributed by atoms with E-state index in [2.05, 4.69) is 62.5 Å². The number of rotatable bonds is 4. The van der Waals surface area contributed by atoms with Crippen LogP contribution in [0.1, 0.15) is 18.4 Å². The number of likely N-dealkylation sites (tertiary alicyclic amines) is 1. The van der Waals surface area contributed by atoms with Crippen LogP contribution in [0.5, 0.6) is 0 Å². The van der Waals surface area contributed by atoms with E-state index in [-0.39, 0.29) is 0 Å². The van der Waals surface area contributed by atoms with Gasteiger partial charge < -0.3 is 10.2 Å². The van der Waals surface area contributed by atoms with Crippen LogP contribution in [0, 0.1) is 0 Å². The van der Waals surface area contributed by atoms with Gasteiger partial charge in [0.25, 0.3) is 0 Å². The van der Waals surface area contributed by atoms with Gasteiger partial charge in [-0.2, -0.15) is 0 Å². The number of piperidine rings is 1. The van der Waals surface area contributed by atoms with Crippen molar-refractivity contribution in [1.29, 1.82) is 0 Å². The first-order valence-corrected chi connectivity index (χ1v) is 11.6. The van der Waals surface area contributed by atoms with Gasteiger partial charge in [0.1, 0.15) is 0 Å². The fourth-order valence-electron chi connectivity index (χ4n) is 5.15. The highest BCUT2D eigenvalue weighted by atomic mass is 35.5. The minimum Gasteiger partial charge on any atom is -0.381 e. The highest BCUT2D eigenvalue weighted by molar-refractivity contribution is 6.31. The Morgan fingerprint density at radius 2 is 1.67 bits per heavy atom. The number of hydrogen-bond donors (Lipinski definition) is 1. The Kier molecular flexibility index (Phi) is 5.98. The lowest BCUT2D eigenvalue weighted by Gasteiger charge is -2.43. The van der Waals surface area contributed by atoms with Crippen LogP contribution in [-0.2, 0) is 0 Å². The number of halogens is 1. The molecule has 2 saturated heterocycles. The maximum absolute atomic E-state index is 6.17. The smallest absolute Gasteiger partial charge is 0.0434 e. The molecule has 0 aromatic heterocycles. The Hall–Kier alpha value is -2.01. The number of fused-ring (bicyclic) bond motifs is 1. The van der Waals surface area contributed by atoms with E-state index in [9.17, 15) is 0 Å². The zero-order valence-electron chi connectivity index (χ0n) is 17.6. The van der Waals surface area contributed by atoms with E-state index in [0.29, 0.717) is 0 Å². The molecular formula is C25H31ClN4. The molecule has 3 aliphatic heterocycles. The third-order valence-electron chi connectivity index (χ3n) is 6.87. The third kappa shape index (κ3) is 4.36. The molecule has 0 spiro atoms. The van der Waals surface area contributed by atoms with Gasteiger partial charge in [0.05, 0.1) is 0 Å². The van der Waals surface area contributed by atoms with Crippen molar-refractivity contribution >= 4 is 28.5 Å². The minimum absolute atomic E-state index is 0.743. The lowest BCUT2D eigenvalue weighted by atomic mass is 9.97. The van der Waals surface area contributed by atoms with Crippen molar-refractivity contribution in [3.05, 3.63) is 65.2 Å². The van der Waals surface area contributed by atoms with Gasteiger partial charge >= 0.3 is 0 Å². The molecule has 0 bridgehead atoms. The summed E-state index contributed by atoms with van der Waals surface area (Å²) >= 11 is 6.17. The molecule has 0 aliphatic carbocycles. The van der Waals surface area contributed by atoms with Gasteiger partial charge in [-0.15, -0.1) is 0 Å². The van der Waals surface area contributed by atoms with Crippen molar-refractivity contribution < 1.29 is 0 Å². The Balaban J connectivity index is 1.12. The van der Waals surface area contributed by atoms with Crippen LogP contribution < -0.4 is 10.2 Å². The van der Waals surface area contributed by atoms with Crippen LogP contribution in [0.25, 0.3) is 5.57 Å². The molecule has 2 fully saturated rings. The Labute approximate surface area is 185 Å². The summed E-state index contributed by atoms with van der Waals surface area (Å²) in [6.45, 7) is 8.98. The molecule has 5 rings (SSSR count). The van der Waals surface area contributed by atoms with Crippen LogP contribution in [-0.4, -0.2) is 68.2 Å². The first-order chi connectivity index (χ1) is 14.8. The molecule has 2 aromatic rings. The molecule has 4 nitrogen and oxygen atoms in total. The molecule has 3 heterocycles. The number of hydrogen-bond acceptors (Lipinski definition) is 4. The van der Waals surface area contributed by atoms with Gasteiger partial charge in [0.15, 0.2) is 0 Å². The van der Waals surface area contributed by atoms with Gasteiger partial charge in [0, 0.05) is 67.3 Å². The van der Waals surface area contributed by atoms with Gasteiger partial charge in [-0.1, -0.05) is 41.9 Å². The first-order valence-electron chi connectivity index (χ1n) is 11.3. The number of nitrogens with one attached hydrogen (secondary N) is 1. The minimum atomic E-state index is 0.743. The van der Waals surface area contributed by atoms with E-state index in [0.717, 1.165) is 37.2 Å². The summed E-state index contributed by atoms with van der Waals surface area (Å²) in [4.78, 5) is 7.89. The standard InChI is InChI=1S/C25H31ClN4/c26-21-6-7-24-20(8-11-27-25(24)18-21)19-28-12-9-23(10-13-28)30-16-14-29(15-17-30)22-4-2-1-3-5-22/h1-8,18,23,27H,9-17,19H2. The molecule has 0 amide bonds. The zero-order valence-corrected chi connectivity index (χ0v) is 18.3. The number of anilines is 2. The molecule has 158 valence electrons. The van der Waals surface area contributed by atoms with Gasteiger partial charge in [-0.3, -0.25) is 9.80 Å². The van der Waals surface area contributed by atoms with E-state index in [1.165, 1.54) is 61.5 Å². The second kappa shape index (κ2) is 9.01. The summed E-state index contributed by atoms with van der Waals surface area (Å²) in [6.07, 6.45) is 4.90. The van der Waals surface area contributed by atoms with Gasteiger partial charge in [0.2, 0.25) is 0 Å². The first kappa shape index (κ1) is 19.9. The SMILES string of the molecule is Clc1ccc2c(c1)NCC=C2CN1CCC(N2CCN(c3ccccc3)CC2)CC1. The highest BCUT2D eigenvalue weighted by Crippen LogP contribution is 2.31. The van der Waals surface area contributed by atoms with Gasteiger partial charge in [-0.25, -0.2) is 0 Å². The maximum atomic E-state index is 6.17. The zero-order chi connectivity index (χ0) is 20.3. The van der Waals surface area contributed by atoms with E-state index >= 15 is 0 Å². The molecule has 2 aromatic carbocycles. The van der Waals surface area contributed by atoms with Crippen LogP contribution in [0.15, 0.2) is 54.6 Å². The van der Waals surface area contributed by atoms with Crippen molar-refractivity contribution in [2.75, 3.05) is 62.6 Å². The van der Waals surface area contributed by atoms with Crippen molar-refractivity contribution in [3.8, 4) is 0 Å². The summed E-state index contributed by atoms with van der Waals surface area (Å²) in [7, 11) is 0. The Bertz CT molecular complexity index is 881. The normalized spacial score (nSPS) is 21.1. The predicted octanol–water partition coefficient (Wildman–Crippen LogP) is 4.44. The molecule has 3 aliphatic rings. The average molecular weight is 423 g/mol. The second-order valence-electron chi connectivity index (χ2n) is 8.67. The Morgan fingerprint density at radius 3 is 2.43 bits per heavy atom. The topological polar surface area (TPSA) is 21.8 Å². The van der Waals surface area contributed by atoms with Crippen molar-refractivity contribution in [2.24, 2.45) is 0 Å². The van der Waals surface area contributed by atoms with Crippen LogP contribution >= 0.6 is 11.6 Å². The average Bonchev–Trinajstić information content (AvgIpc) is 2.80. The van der Waals surface area contributed by atoms with E-state index in [1.807, 2.05) is 12.1 Å². The molecular weight excluding hydrogens is 392 g/mol. The molecule has 1 N–H and O–H groups in total. The summed E-state index contributed by atoms with van der Waals surface area (Å²) in [6, 6.07) is 17.8. The summed E-state index contributed by atoms with van der Waals surface area (Å²) in [5, 5.41) is 4.25. The molecule has 0 saturated carbocycles. The third-order valence-corrected chi connectivity index (χ3v) is 7.11. The van der Waals surface area contributed by atoms with Crippen molar-refractivity contribution in [3.63, 3.8) is 0 Å². The van der Waals surface area contributed by atoms with E-state index < -0.39 is 0 Å². The van der Waals surface area contributed by atoms with E-state index in [4.69, 9.17) is 11.6 Å². The molecule has 5 heteroatoms. The van der Waals surface area contributed by atoms with Gasteiger partial charge in [-0.05, 0) is 55.8 Å². The fourth-order valence-corrected chi connectivity index (χ4v) is 5.33. The van der Waals surface area contributed by atoms with Crippen molar-refractivity contribution in [2.45, 2.75) is 18.9 Å². The largest absolute Gasteiger partial charge is 0.381 e. The predicted molar refractivity (Wildman–Crippen MR) is 128 cm³/mol. The quantitative estimate of drug-likeness (QED) is 0.786. The van der Waals surface area contributed by atoms with Crippen molar-refractivity contribution in [1.82, 2.24) is 9.80 Å². The lowest BCUT2D eigenvalue weighted by molar-refractivity contribution is 0.110. The molecule has 0 unspecified atom stereocenters. The lowest BCUT2D eigenvalue weighted by Crippen LogP contribution is -2.53. The summed E-state index contributed by atoms with van der Waals surface area (Å²) < 4.78 is 0. The van der Waals surface area contributed by atoms with Crippen LogP contribution in [0.4, 0.5) is 11.4 Å². The fraction of sp³-hybridized carbons (Fsp3) is 0.440. The maximum Gasteiger partial charge on any atom is 0.0434 e. The monoisotopic (exact) mass is 422 g/mol. The highest BCUT2D eigenvalue weighted by Gasteiger charge is 2.28. The summed E-state index contributed by atoms with van der Waals surface area (Å²) in [5.41, 5.74) is 5.29. The number of benzene rings is 2. The number of nitrogens with zero attached hydrogens (tertiary/aromatic N) is 3.